The Bertz CT molecular complexity index is 661. The third-order valence-electron chi connectivity index (χ3n) is 6.39. The average Bonchev–Trinajstić information content (AvgIpc) is 2.94. The first kappa shape index (κ1) is 21.5. The van der Waals surface area contributed by atoms with Crippen molar-refractivity contribution in [2.75, 3.05) is 39.3 Å². The van der Waals surface area contributed by atoms with Crippen molar-refractivity contribution in [3.63, 3.8) is 0 Å². The first-order valence-corrected chi connectivity index (χ1v) is 10.7. The summed E-state index contributed by atoms with van der Waals surface area (Å²) < 4.78 is 0. The molecule has 0 aliphatic carbocycles. The highest BCUT2D eigenvalue weighted by atomic mass is 16.2. The van der Waals surface area contributed by atoms with Crippen LogP contribution in [-0.4, -0.2) is 89.3 Å². The number of carbonyl (C=O) groups is 4. The fourth-order valence-corrected chi connectivity index (χ4v) is 4.41. The second-order valence-corrected chi connectivity index (χ2v) is 8.68. The largest absolute Gasteiger partial charge is 0.340 e. The molecule has 9 nitrogen and oxygen atoms in total. The third-order valence-corrected chi connectivity index (χ3v) is 6.39. The molecule has 3 heterocycles. The smallest absolute Gasteiger partial charge is 0.322 e. The maximum Gasteiger partial charge on any atom is 0.322 e. The summed E-state index contributed by atoms with van der Waals surface area (Å²) in [5, 5.41) is 4.85. The van der Waals surface area contributed by atoms with Gasteiger partial charge < -0.3 is 15.1 Å². The van der Waals surface area contributed by atoms with Crippen LogP contribution in [0, 0.1) is 0 Å². The van der Waals surface area contributed by atoms with E-state index in [4.69, 9.17) is 0 Å². The minimum atomic E-state index is -0.929. The predicted molar refractivity (Wildman–Crippen MR) is 107 cm³/mol. The van der Waals surface area contributed by atoms with E-state index in [2.05, 4.69) is 22.5 Å². The summed E-state index contributed by atoms with van der Waals surface area (Å²) in [7, 11) is 0. The lowest BCUT2D eigenvalue weighted by molar-refractivity contribution is -0.137. The Kier molecular flexibility index (Phi) is 6.77. The molecule has 0 radical (unpaired) electrons. The Hall–Kier alpha value is -2.16. The Morgan fingerprint density at radius 1 is 1.07 bits per heavy atom. The summed E-state index contributed by atoms with van der Waals surface area (Å²) in [6.07, 6.45) is 4.68. The maximum absolute atomic E-state index is 12.6. The molecule has 3 fully saturated rings. The minimum absolute atomic E-state index is 0.0639. The highest BCUT2D eigenvalue weighted by molar-refractivity contribution is 6.06. The van der Waals surface area contributed by atoms with Gasteiger partial charge >= 0.3 is 6.03 Å². The average molecular weight is 408 g/mol. The van der Waals surface area contributed by atoms with E-state index < -0.39 is 11.6 Å². The molecule has 2 atom stereocenters. The van der Waals surface area contributed by atoms with Crippen LogP contribution >= 0.6 is 0 Å². The summed E-state index contributed by atoms with van der Waals surface area (Å²) in [6.45, 7) is 7.73. The zero-order chi connectivity index (χ0) is 21.0. The Morgan fingerprint density at radius 3 is 2.41 bits per heavy atom. The van der Waals surface area contributed by atoms with E-state index in [1.165, 1.54) is 6.42 Å². The SMILES string of the molecule is C[C@@H]1CCCCN1C(=O)CN1CCN(C(=O)CCC[C@]2(C)NC(=O)NC2=O)CC1. The number of rotatable bonds is 6. The predicted octanol–water partition coefficient (Wildman–Crippen LogP) is 0.300. The minimum Gasteiger partial charge on any atom is -0.340 e. The van der Waals surface area contributed by atoms with E-state index in [0.29, 0.717) is 58.0 Å². The molecule has 3 aliphatic heterocycles. The van der Waals surface area contributed by atoms with Gasteiger partial charge in [-0.15, -0.1) is 0 Å². The van der Waals surface area contributed by atoms with Crippen LogP contribution in [0.25, 0.3) is 0 Å². The van der Waals surface area contributed by atoms with Gasteiger partial charge in [-0.25, -0.2) is 4.79 Å². The van der Waals surface area contributed by atoms with Crippen LogP contribution in [0.1, 0.15) is 52.4 Å². The number of likely N-dealkylation sites (tertiary alicyclic amines) is 1. The highest BCUT2D eigenvalue weighted by Gasteiger charge is 2.41. The lowest BCUT2D eigenvalue weighted by Gasteiger charge is -2.38. The van der Waals surface area contributed by atoms with E-state index in [0.717, 1.165) is 19.4 Å². The van der Waals surface area contributed by atoms with Gasteiger partial charge in [-0.3, -0.25) is 24.6 Å². The summed E-state index contributed by atoms with van der Waals surface area (Å²) in [5.41, 5.74) is -0.929. The molecule has 0 saturated carbocycles. The molecule has 0 aromatic rings. The van der Waals surface area contributed by atoms with Crippen molar-refractivity contribution in [3.05, 3.63) is 0 Å². The van der Waals surface area contributed by atoms with Gasteiger partial charge in [0.15, 0.2) is 0 Å². The van der Waals surface area contributed by atoms with Crippen molar-refractivity contribution >= 4 is 23.8 Å². The Morgan fingerprint density at radius 2 is 1.79 bits per heavy atom. The number of piperidine rings is 1. The van der Waals surface area contributed by atoms with Gasteiger partial charge in [0.05, 0.1) is 6.54 Å². The number of piperazine rings is 1. The zero-order valence-electron chi connectivity index (χ0n) is 17.5. The Balaban J connectivity index is 1.36. The highest BCUT2D eigenvalue weighted by Crippen LogP contribution is 2.19. The van der Waals surface area contributed by atoms with Gasteiger partial charge in [0.25, 0.3) is 5.91 Å². The molecule has 0 unspecified atom stereocenters. The van der Waals surface area contributed by atoms with Crippen molar-refractivity contribution in [2.45, 2.75) is 64.0 Å². The van der Waals surface area contributed by atoms with Gasteiger partial charge in [-0.2, -0.15) is 0 Å². The molecule has 2 N–H and O–H groups in total. The molecule has 0 aromatic carbocycles. The number of hydrogen-bond donors (Lipinski definition) is 2. The normalized spacial score (nSPS) is 28.3. The molecule has 3 rings (SSSR count). The van der Waals surface area contributed by atoms with E-state index in [1.807, 2.05) is 9.80 Å². The van der Waals surface area contributed by atoms with Crippen LogP contribution in [-0.2, 0) is 14.4 Å². The van der Waals surface area contributed by atoms with Gasteiger partial charge in [-0.1, -0.05) is 0 Å². The molecule has 5 amide bonds. The van der Waals surface area contributed by atoms with Gasteiger partial charge in [0.1, 0.15) is 5.54 Å². The number of nitrogens with one attached hydrogen (secondary N) is 2. The van der Waals surface area contributed by atoms with E-state index in [9.17, 15) is 19.2 Å². The van der Waals surface area contributed by atoms with Crippen LogP contribution in [0.4, 0.5) is 4.79 Å². The summed E-state index contributed by atoms with van der Waals surface area (Å²) in [5.74, 6) is -0.0766. The van der Waals surface area contributed by atoms with E-state index in [1.54, 1.807) is 6.92 Å². The van der Waals surface area contributed by atoms with Crippen LogP contribution in [0.5, 0.6) is 0 Å². The molecule has 162 valence electrons. The maximum atomic E-state index is 12.6. The molecule has 0 aromatic heterocycles. The van der Waals surface area contributed by atoms with Crippen LogP contribution in [0.15, 0.2) is 0 Å². The van der Waals surface area contributed by atoms with Gasteiger partial charge in [0.2, 0.25) is 11.8 Å². The third kappa shape index (κ3) is 5.26. The lowest BCUT2D eigenvalue weighted by Crippen LogP contribution is -2.53. The fourth-order valence-electron chi connectivity index (χ4n) is 4.41. The summed E-state index contributed by atoms with van der Waals surface area (Å²) in [4.78, 5) is 54.1. The second kappa shape index (κ2) is 9.11. The molecule has 0 bridgehead atoms. The Labute approximate surface area is 172 Å². The molecule has 29 heavy (non-hydrogen) atoms. The van der Waals surface area contributed by atoms with Crippen LogP contribution in [0.3, 0.4) is 0 Å². The van der Waals surface area contributed by atoms with Gasteiger partial charge in [-0.05, 0) is 46.0 Å². The van der Waals surface area contributed by atoms with Crippen LogP contribution < -0.4 is 10.6 Å². The summed E-state index contributed by atoms with van der Waals surface area (Å²) >= 11 is 0. The first-order chi connectivity index (χ1) is 13.8. The lowest BCUT2D eigenvalue weighted by atomic mass is 9.95. The topological polar surface area (TPSA) is 102 Å². The second-order valence-electron chi connectivity index (χ2n) is 8.68. The molecule has 0 spiro atoms. The number of hydrogen-bond acceptors (Lipinski definition) is 5. The number of amides is 5. The van der Waals surface area contributed by atoms with Gasteiger partial charge in [0, 0.05) is 45.2 Å². The quantitative estimate of drug-likeness (QED) is 0.617. The van der Waals surface area contributed by atoms with Crippen molar-refractivity contribution in [3.8, 4) is 0 Å². The summed E-state index contributed by atoms with van der Waals surface area (Å²) in [6, 6.07) is -0.152. The van der Waals surface area contributed by atoms with Crippen molar-refractivity contribution in [2.24, 2.45) is 0 Å². The molecule has 9 heteroatoms. The fraction of sp³-hybridized carbons (Fsp3) is 0.800. The first-order valence-electron chi connectivity index (χ1n) is 10.7. The van der Waals surface area contributed by atoms with E-state index in [-0.39, 0.29) is 17.7 Å². The number of nitrogens with zero attached hydrogens (tertiary/aromatic N) is 3. The number of imide groups is 1. The zero-order valence-corrected chi connectivity index (χ0v) is 17.5. The molecule has 3 aliphatic rings. The standard InChI is InChI=1S/C20H33N5O4/c1-15-6-3-4-9-25(15)17(27)14-23-10-12-24(13-11-23)16(26)7-5-8-20(2)18(28)21-19(29)22-20/h15H,3-14H2,1-2H3,(H2,21,22,28,29)/t15-,20+/m1/s1. The molecular formula is C20H33N5O4. The molecular weight excluding hydrogens is 374 g/mol. The van der Waals surface area contributed by atoms with Crippen molar-refractivity contribution < 1.29 is 19.2 Å². The van der Waals surface area contributed by atoms with E-state index >= 15 is 0 Å². The number of urea groups is 1. The monoisotopic (exact) mass is 407 g/mol. The van der Waals surface area contributed by atoms with Crippen LogP contribution in [0.2, 0.25) is 0 Å². The van der Waals surface area contributed by atoms with Crippen molar-refractivity contribution in [1.82, 2.24) is 25.3 Å². The molecule has 3 saturated heterocycles. The van der Waals surface area contributed by atoms with Crippen molar-refractivity contribution in [1.29, 1.82) is 0 Å². The number of carbonyl (C=O) groups excluding carboxylic acids is 4.